The number of hydrogen-bond donors (Lipinski definition) is 1. The number of carbonyl (C=O) groups is 1. The molecule has 3 rings (SSSR count). The minimum atomic E-state index is 0.0302. The van der Waals surface area contributed by atoms with Gasteiger partial charge in [0.1, 0.15) is 10.8 Å². The zero-order chi connectivity index (χ0) is 16.8. The molecular weight excluding hydrogens is 320 g/mol. The lowest BCUT2D eigenvalue weighted by molar-refractivity contribution is -0.121. The molecule has 0 saturated heterocycles. The maximum Gasteiger partial charge on any atom is 0.220 e. The molecule has 0 aliphatic carbocycles. The number of amides is 1. The maximum atomic E-state index is 11.9. The van der Waals surface area contributed by atoms with Gasteiger partial charge < -0.3 is 10.1 Å². The second-order valence-electron chi connectivity index (χ2n) is 5.57. The molecule has 0 spiro atoms. The van der Waals surface area contributed by atoms with Crippen molar-refractivity contribution in [3.8, 4) is 5.75 Å². The van der Waals surface area contributed by atoms with Crippen LogP contribution in [0.3, 0.4) is 0 Å². The fourth-order valence-corrected chi connectivity index (χ4v) is 3.30. The first-order valence-corrected chi connectivity index (χ1v) is 8.83. The molecule has 3 aromatic rings. The van der Waals surface area contributed by atoms with Crippen molar-refractivity contribution in [3.05, 3.63) is 59.1 Å². The summed E-state index contributed by atoms with van der Waals surface area (Å²) in [5, 5.41) is 3.85. The first-order chi connectivity index (χ1) is 11.7. The van der Waals surface area contributed by atoms with Crippen LogP contribution in [-0.4, -0.2) is 17.5 Å². The minimum absolute atomic E-state index is 0.0302. The molecule has 0 aliphatic rings. The molecule has 0 bridgehead atoms. The molecule has 0 atom stereocenters. The van der Waals surface area contributed by atoms with Crippen molar-refractivity contribution < 1.29 is 9.53 Å². The van der Waals surface area contributed by atoms with E-state index in [0.29, 0.717) is 26.0 Å². The highest BCUT2D eigenvalue weighted by Crippen LogP contribution is 2.21. The lowest BCUT2D eigenvalue weighted by Crippen LogP contribution is -2.22. The molecule has 0 unspecified atom stereocenters. The van der Waals surface area contributed by atoms with Gasteiger partial charge in [-0.3, -0.25) is 4.79 Å². The van der Waals surface area contributed by atoms with Crippen molar-refractivity contribution in [3.63, 3.8) is 0 Å². The van der Waals surface area contributed by atoms with E-state index < -0.39 is 0 Å². The molecule has 24 heavy (non-hydrogen) atoms. The lowest BCUT2D eigenvalue weighted by atomic mass is 10.2. The summed E-state index contributed by atoms with van der Waals surface area (Å²) >= 11 is 1.62. The third-order valence-corrected chi connectivity index (χ3v) is 4.71. The van der Waals surface area contributed by atoms with Crippen molar-refractivity contribution >= 4 is 27.5 Å². The lowest BCUT2D eigenvalue weighted by Gasteiger charge is -2.08. The minimum Gasteiger partial charge on any atom is -0.493 e. The zero-order valence-corrected chi connectivity index (χ0v) is 14.4. The van der Waals surface area contributed by atoms with Gasteiger partial charge in [-0.25, -0.2) is 4.98 Å². The van der Waals surface area contributed by atoms with E-state index in [1.54, 1.807) is 11.3 Å². The molecule has 0 fully saturated rings. The van der Waals surface area contributed by atoms with Gasteiger partial charge in [0.05, 0.1) is 23.4 Å². The van der Waals surface area contributed by atoms with E-state index in [-0.39, 0.29) is 5.91 Å². The smallest absolute Gasteiger partial charge is 0.220 e. The Kier molecular flexibility index (Phi) is 5.43. The van der Waals surface area contributed by atoms with E-state index in [4.69, 9.17) is 4.74 Å². The van der Waals surface area contributed by atoms with Gasteiger partial charge in [-0.1, -0.05) is 30.3 Å². The standard InChI is InChI=1S/C19H20N2O2S/c1-14-7-2-4-9-16(14)23-12-6-11-18(22)20-13-19-21-15-8-3-5-10-17(15)24-19/h2-5,7-10H,6,11-13H2,1H3,(H,20,22). The van der Waals surface area contributed by atoms with E-state index in [9.17, 15) is 4.79 Å². The number of fused-ring (bicyclic) bond motifs is 1. The normalized spacial score (nSPS) is 10.7. The summed E-state index contributed by atoms with van der Waals surface area (Å²) in [6.07, 6.45) is 1.15. The molecule has 5 heteroatoms. The first kappa shape index (κ1) is 16.5. The molecule has 1 N–H and O–H groups in total. The molecule has 124 valence electrons. The van der Waals surface area contributed by atoms with E-state index >= 15 is 0 Å². The Morgan fingerprint density at radius 1 is 1.17 bits per heavy atom. The Morgan fingerprint density at radius 2 is 1.96 bits per heavy atom. The maximum absolute atomic E-state index is 11.9. The summed E-state index contributed by atoms with van der Waals surface area (Å²) in [6.45, 7) is 3.04. The number of thiazole rings is 1. The molecule has 1 heterocycles. The molecule has 0 saturated carbocycles. The highest BCUT2D eigenvalue weighted by atomic mass is 32.1. The Hall–Kier alpha value is -2.40. The fraction of sp³-hybridized carbons (Fsp3) is 0.263. The quantitative estimate of drug-likeness (QED) is 0.659. The highest BCUT2D eigenvalue weighted by molar-refractivity contribution is 7.18. The van der Waals surface area contributed by atoms with Crippen molar-refractivity contribution in [1.29, 1.82) is 0 Å². The van der Waals surface area contributed by atoms with Gasteiger partial charge in [-0.15, -0.1) is 11.3 Å². The van der Waals surface area contributed by atoms with E-state index in [0.717, 1.165) is 26.5 Å². The average Bonchev–Trinajstić information content (AvgIpc) is 3.01. The van der Waals surface area contributed by atoms with Crippen molar-refractivity contribution in [2.24, 2.45) is 0 Å². The number of aryl methyl sites for hydroxylation is 1. The van der Waals surface area contributed by atoms with Crippen LogP contribution in [0.5, 0.6) is 5.75 Å². The average molecular weight is 340 g/mol. The molecule has 1 aromatic heterocycles. The fourth-order valence-electron chi connectivity index (χ4n) is 2.39. The van der Waals surface area contributed by atoms with Gasteiger partial charge in [-0.2, -0.15) is 0 Å². The number of para-hydroxylation sites is 2. The van der Waals surface area contributed by atoms with Crippen LogP contribution in [0.2, 0.25) is 0 Å². The summed E-state index contributed by atoms with van der Waals surface area (Å²) in [4.78, 5) is 16.4. The Bertz CT molecular complexity index is 796. The summed E-state index contributed by atoms with van der Waals surface area (Å²) < 4.78 is 6.85. The van der Waals surface area contributed by atoms with Crippen molar-refractivity contribution in [2.75, 3.05) is 6.61 Å². The van der Waals surface area contributed by atoms with Crippen LogP contribution in [0.15, 0.2) is 48.5 Å². The van der Waals surface area contributed by atoms with Gasteiger partial charge >= 0.3 is 0 Å². The van der Waals surface area contributed by atoms with Crippen LogP contribution < -0.4 is 10.1 Å². The molecule has 0 aliphatic heterocycles. The van der Waals surface area contributed by atoms with Gasteiger partial charge in [0.2, 0.25) is 5.91 Å². The highest BCUT2D eigenvalue weighted by Gasteiger charge is 2.06. The molecule has 1 amide bonds. The van der Waals surface area contributed by atoms with Crippen LogP contribution >= 0.6 is 11.3 Å². The molecule has 2 aromatic carbocycles. The molecule has 0 radical (unpaired) electrons. The largest absolute Gasteiger partial charge is 0.493 e. The SMILES string of the molecule is Cc1ccccc1OCCCC(=O)NCc1nc2ccccc2s1. The van der Waals surface area contributed by atoms with Gasteiger partial charge in [0, 0.05) is 6.42 Å². The van der Waals surface area contributed by atoms with Crippen LogP contribution in [0.1, 0.15) is 23.4 Å². The number of nitrogens with one attached hydrogen (secondary N) is 1. The van der Waals surface area contributed by atoms with Crippen LogP contribution in [0.25, 0.3) is 10.2 Å². The Labute approximate surface area is 145 Å². The Balaban J connectivity index is 1.39. The molecular formula is C19H20N2O2S. The van der Waals surface area contributed by atoms with E-state index in [2.05, 4.69) is 10.3 Å². The predicted octanol–water partition coefficient (Wildman–Crippen LogP) is 4.08. The van der Waals surface area contributed by atoms with E-state index in [1.165, 1.54) is 0 Å². The van der Waals surface area contributed by atoms with Gasteiger partial charge in [0.25, 0.3) is 0 Å². The predicted molar refractivity (Wildman–Crippen MR) is 97.4 cm³/mol. The summed E-state index contributed by atoms with van der Waals surface area (Å²) in [7, 11) is 0. The number of benzene rings is 2. The number of carbonyl (C=O) groups excluding carboxylic acids is 1. The van der Waals surface area contributed by atoms with Crippen LogP contribution in [0.4, 0.5) is 0 Å². The third kappa shape index (κ3) is 4.32. The van der Waals surface area contributed by atoms with Gasteiger partial charge in [0.15, 0.2) is 0 Å². The van der Waals surface area contributed by atoms with Crippen molar-refractivity contribution in [2.45, 2.75) is 26.3 Å². The van der Waals surface area contributed by atoms with Gasteiger partial charge in [-0.05, 0) is 37.1 Å². The van der Waals surface area contributed by atoms with Crippen LogP contribution in [-0.2, 0) is 11.3 Å². The van der Waals surface area contributed by atoms with Crippen LogP contribution in [0, 0.1) is 6.92 Å². The van der Waals surface area contributed by atoms with E-state index in [1.807, 2.05) is 55.5 Å². The second-order valence-corrected chi connectivity index (χ2v) is 6.68. The summed E-state index contributed by atoms with van der Waals surface area (Å²) in [6, 6.07) is 15.9. The summed E-state index contributed by atoms with van der Waals surface area (Å²) in [5.74, 6) is 0.912. The zero-order valence-electron chi connectivity index (χ0n) is 13.6. The van der Waals surface area contributed by atoms with Crippen molar-refractivity contribution in [1.82, 2.24) is 10.3 Å². The number of rotatable bonds is 7. The topological polar surface area (TPSA) is 51.2 Å². The molecule has 4 nitrogen and oxygen atoms in total. The number of ether oxygens (including phenoxy) is 1. The first-order valence-electron chi connectivity index (χ1n) is 8.02. The summed E-state index contributed by atoms with van der Waals surface area (Å²) in [5.41, 5.74) is 2.09. The number of nitrogens with zero attached hydrogens (tertiary/aromatic N) is 1. The number of hydrogen-bond acceptors (Lipinski definition) is 4. The number of aromatic nitrogens is 1. The third-order valence-electron chi connectivity index (χ3n) is 3.67. The Morgan fingerprint density at radius 3 is 2.79 bits per heavy atom. The second kappa shape index (κ2) is 7.93. The monoisotopic (exact) mass is 340 g/mol.